The molecule has 2 fully saturated rings. The summed E-state index contributed by atoms with van der Waals surface area (Å²) < 4.78 is 26.6. The minimum absolute atomic E-state index is 0.432. The zero-order valence-electron chi connectivity index (χ0n) is 15.9. The van der Waals surface area contributed by atoms with Crippen LogP contribution >= 0.6 is 0 Å². The van der Waals surface area contributed by atoms with Crippen LogP contribution in [-0.2, 0) is 0 Å². The maximum absolute atomic E-state index is 13.5. The lowest BCUT2D eigenvalue weighted by Crippen LogP contribution is -2.30. The van der Waals surface area contributed by atoms with E-state index in [2.05, 4.69) is 13.8 Å². The number of rotatable bonds is 5. The second-order valence-corrected chi connectivity index (χ2v) is 12.5. The minimum atomic E-state index is -0.726. The van der Waals surface area contributed by atoms with Crippen LogP contribution in [0.5, 0.6) is 0 Å². The highest BCUT2D eigenvalue weighted by molar-refractivity contribution is 6.60. The van der Waals surface area contributed by atoms with Crippen molar-refractivity contribution >= 4 is 8.80 Å². The number of hydrogen-bond acceptors (Lipinski definition) is 0. The normalized spacial score (nSPS) is 31.7. The van der Waals surface area contributed by atoms with Gasteiger partial charge in [0.05, 0.1) is 0 Å². The lowest BCUT2D eigenvalue weighted by Gasteiger charge is -2.39. The van der Waals surface area contributed by atoms with Crippen LogP contribution in [0.4, 0.5) is 8.78 Å². The summed E-state index contributed by atoms with van der Waals surface area (Å²) >= 11 is 0. The smallest absolute Gasteiger partial charge is 0.159 e. The molecular weight excluding hydrogens is 330 g/mol. The Morgan fingerprint density at radius 3 is 2.20 bits per heavy atom. The standard InChI is InChI=1S/C22H34F2Si/c1-3-4-16(2)25-13-11-19(12-14-25)17-5-7-18(8-6-17)20-9-10-21(23)22(24)15-20/h9-10,15-19,25H,3-8,11-14H2,1-2H3. The molecule has 1 atom stereocenters. The van der Waals surface area contributed by atoms with Gasteiger partial charge in [-0.1, -0.05) is 63.2 Å². The van der Waals surface area contributed by atoms with Gasteiger partial charge in [0.15, 0.2) is 11.6 Å². The van der Waals surface area contributed by atoms with Gasteiger partial charge in [-0.3, -0.25) is 0 Å². The lowest BCUT2D eigenvalue weighted by atomic mass is 9.72. The fourth-order valence-electron chi connectivity index (χ4n) is 5.57. The second kappa shape index (κ2) is 8.79. The van der Waals surface area contributed by atoms with Crippen LogP contribution in [0.15, 0.2) is 18.2 Å². The van der Waals surface area contributed by atoms with E-state index in [0.717, 1.165) is 35.8 Å². The highest BCUT2D eigenvalue weighted by atomic mass is 28.3. The van der Waals surface area contributed by atoms with Crippen molar-refractivity contribution in [3.63, 3.8) is 0 Å². The van der Waals surface area contributed by atoms with Crippen molar-refractivity contribution in [2.75, 3.05) is 0 Å². The van der Waals surface area contributed by atoms with Crippen LogP contribution in [0.3, 0.4) is 0 Å². The summed E-state index contributed by atoms with van der Waals surface area (Å²) in [5.41, 5.74) is 2.04. The molecule has 0 radical (unpaired) electrons. The minimum Gasteiger partial charge on any atom is -0.204 e. The third-order valence-corrected chi connectivity index (χ3v) is 11.3. The molecule has 1 saturated carbocycles. The average molecular weight is 365 g/mol. The van der Waals surface area contributed by atoms with E-state index in [1.807, 2.05) is 0 Å². The van der Waals surface area contributed by atoms with E-state index in [1.54, 1.807) is 18.2 Å². The lowest BCUT2D eigenvalue weighted by molar-refractivity contribution is 0.215. The van der Waals surface area contributed by atoms with Gasteiger partial charge in [0.25, 0.3) is 0 Å². The molecular formula is C22H34F2Si. The summed E-state index contributed by atoms with van der Waals surface area (Å²) in [6, 6.07) is 7.63. The third kappa shape index (κ3) is 4.72. The van der Waals surface area contributed by atoms with Gasteiger partial charge in [0.1, 0.15) is 0 Å². The molecule has 1 aromatic rings. The van der Waals surface area contributed by atoms with Crippen molar-refractivity contribution in [1.29, 1.82) is 0 Å². The van der Waals surface area contributed by atoms with Crippen molar-refractivity contribution in [3.05, 3.63) is 35.4 Å². The van der Waals surface area contributed by atoms with Crippen molar-refractivity contribution < 1.29 is 8.78 Å². The molecule has 0 nitrogen and oxygen atoms in total. The quantitative estimate of drug-likeness (QED) is 0.490. The molecule has 1 heterocycles. The Bertz CT molecular complexity index is 543. The Hall–Kier alpha value is -0.703. The van der Waals surface area contributed by atoms with Crippen LogP contribution in [0, 0.1) is 23.5 Å². The van der Waals surface area contributed by atoms with E-state index in [-0.39, 0.29) is 0 Å². The Morgan fingerprint density at radius 2 is 1.60 bits per heavy atom. The Balaban J connectivity index is 1.47. The fourth-order valence-corrected chi connectivity index (χ4v) is 9.51. The van der Waals surface area contributed by atoms with E-state index in [4.69, 9.17) is 0 Å². The zero-order chi connectivity index (χ0) is 17.8. The molecule has 25 heavy (non-hydrogen) atoms. The summed E-state index contributed by atoms with van der Waals surface area (Å²) in [4.78, 5) is 0. The van der Waals surface area contributed by atoms with Gasteiger partial charge < -0.3 is 0 Å². The molecule has 1 aliphatic heterocycles. The maximum Gasteiger partial charge on any atom is 0.159 e. The van der Waals surface area contributed by atoms with Gasteiger partial charge in [0.2, 0.25) is 0 Å². The monoisotopic (exact) mass is 364 g/mol. The van der Waals surface area contributed by atoms with Gasteiger partial charge in [-0.05, 0) is 61.1 Å². The Morgan fingerprint density at radius 1 is 0.960 bits per heavy atom. The predicted octanol–water partition coefficient (Wildman–Crippen LogP) is 7.07. The van der Waals surface area contributed by atoms with Gasteiger partial charge >= 0.3 is 0 Å². The van der Waals surface area contributed by atoms with E-state index < -0.39 is 20.4 Å². The first kappa shape index (κ1) is 19.1. The second-order valence-electron chi connectivity index (χ2n) is 8.73. The summed E-state index contributed by atoms with van der Waals surface area (Å²) in [7, 11) is -0.480. The van der Waals surface area contributed by atoms with E-state index in [0.29, 0.717) is 5.92 Å². The van der Waals surface area contributed by atoms with Crippen LogP contribution in [-0.4, -0.2) is 8.80 Å². The molecule has 1 saturated heterocycles. The molecule has 0 spiro atoms. The SMILES string of the molecule is CCCC(C)[SiH]1CCC(C2CCC(c3ccc(F)c(F)c3)CC2)CC1. The predicted molar refractivity (Wildman–Crippen MR) is 105 cm³/mol. The first-order valence-corrected chi connectivity index (χ1v) is 12.8. The first-order valence-electron chi connectivity index (χ1n) is 10.5. The number of halogens is 2. The molecule has 0 amide bonds. The van der Waals surface area contributed by atoms with Crippen molar-refractivity contribution in [2.24, 2.45) is 11.8 Å². The molecule has 2 aliphatic rings. The van der Waals surface area contributed by atoms with Crippen molar-refractivity contribution in [2.45, 2.75) is 88.8 Å². The van der Waals surface area contributed by atoms with Gasteiger partial charge in [0, 0.05) is 8.80 Å². The summed E-state index contributed by atoms with van der Waals surface area (Å²) in [6.07, 6.45) is 10.6. The van der Waals surface area contributed by atoms with Crippen LogP contribution in [0.1, 0.15) is 76.7 Å². The highest BCUT2D eigenvalue weighted by Gasteiger charge is 2.33. The third-order valence-electron chi connectivity index (χ3n) is 7.22. The van der Waals surface area contributed by atoms with Gasteiger partial charge in [-0.15, -0.1) is 0 Å². The summed E-state index contributed by atoms with van der Waals surface area (Å²) in [5.74, 6) is 0.850. The molecule has 1 unspecified atom stereocenters. The molecule has 0 aromatic heterocycles. The molecule has 1 aliphatic carbocycles. The average Bonchev–Trinajstić information content (AvgIpc) is 2.64. The van der Waals surface area contributed by atoms with Crippen LogP contribution in [0.25, 0.3) is 0 Å². The summed E-state index contributed by atoms with van der Waals surface area (Å²) in [5, 5.41) is 0. The van der Waals surface area contributed by atoms with Crippen molar-refractivity contribution in [1.82, 2.24) is 0 Å². The molecule has 1 aromatic carbocycles. The molecule has 0 bridgehead atoms. The molecule has 140 valence electrons. The zero-order valence-corrected chi connectivity index (χ0v) is 17.1. The fraction of sp³-hybridized carbons (Fsp3) is 0.727. The van der Waals surface area contributed by atoms with E-state index in [1.165, 1.54) is 50.7 Å². The number of benzene rings is 1. The Labute approximate surface area is 154 Å². The molecule has 3 heteroatoms. The Kier molecular flexibility index (Phi) is 6.71. The van der Waals surface area contributed by atoms with Crippen molar-refractivity contribution in [3.8, 4) is 0 Å². The van der Waals surface area contributed by atoms with Crippen LogP contribution in [0.2, 0.25) is 17.6 Å². The van der Waals surface area contributed by atoms with Crippen LogP contribution < -0.4 is 0 Å². The van der Waals surface area contributed by atoms with E-state index in [9.17, 15) is 8.78 Å². The maximum atomic E-state index is 13.5. The summed E-state index contributed by atoms with van der Waals surface area (Å²) in [6.45, 7) is 4.83. The number of hydrogen-bond donors (Lipinski definition) is 0. The van der Waals surface area contributed by atoms with E-state index >= 15 is 0 Å². The van der Waals surface area contributed by atoms with Gasteiger partial charge in [-0.2, -0.15) is 0 Å². The topological polar surface area (TPSA) is 0 Å². The van der Waals surface area contributed by atoms with Gasteiger partial charge in [-0.25, -0.2) is 8.78 Å². The molecule has 0 N–H and O–H groups in total. The highest BCUT2D eigenvalue weighted by Crippen LogP contribution is 2.44. The largest absolute Gasteiger partial charge is 0.204 e. The molecule has 3 rings (SSSR count). The first-order chi connectivity index (χ1) is 12.1.